The van der Waals surface area contributed by atoms with Crippen molar-refractivity contribution in [1.29, 1.82) is 0 Å². The summed E-state index contributed by atoms with van der Waals surface area (Å²) in [6.45, 7) is 0.0527. The van der Waals surface area contributed by atoms with Crippen molar-refractivity contribution in [3.8, 4) is 5.75 Å². The fourth-order valence-corrected chi connectivity index (χ4v) is 4.43. The molecular formula is C23H21ClN4O4. The Balaban J connectivity index is 1.56. The zero-order valence-electron chi connectivity index (χ0n) is 17.4. The van der Waals surface area contributed by atoms with Gasteiger partial charge >= 0.3 is 0 Å². The van der Waals surface area contributed by atoms with Gasteiger partial charge in [0.05, 0.1) is 40.4 Å². The highest BCUT2D eigenvalue weighted by molar-refractivity contribution is 6.36. The molecule has 3 heterocycles. The third kappa shape index (κ3) is 3.65. The molecular weight excluding hydrogens is 432 g/mol. The predicted molar refractivity (Wildman–Crippen MR) is 120 cm³/mol. The Labute approximate surface area is 187 Å². The highest BCUT2D eigenvalue weighted by atomic mass is 35.5. The minimum Gasteiger partial charge on any atom is -0.490 e. The molecule has 1 aliphatic carbocycles. The van der Waals surface area contributed by atoms with Crippen LogP contribution in [0.4, 0.5) is 0 Å². The first kappa shape index (κ1) is 20.7. The van der Waals surface area contributed by atoms with Crippen LogP contribution in [0.2, 0.25) is 5.02 Å². The SMILES string of the molecule is COCc1nc2c(cnc3[nH]cc(C(=O)c4ccc(OC5CCCC5)cc4Cl)c32)[nH]c1=O. The summed E-state index contributed by atoms with van der Waals surface area (Å²) < 4.78 is 11.1. The van der Waals surface area contributed by atoms with Gasteiger partial charge in [-0.3, -0.25) is 9.59 Å². The van der Waals surface area contributed by atoms with Crippen LogP contribution in [0, 0.1) is 0 Å². The highest BCUT2D eigenvalue weighted by Gasteiger charge is 2.22. The molecule has 1 fully saturated rings. The van der Waals surface area contributed by atoms with E-state index in [-0.39, 0.29) is 29.7 Å². The van der Waals surface area contributed by atoms with E-state index in [4.69, 9.17) is 21.1 Å². The molecule has 8 nitrogen and oxygen atoms in total. The van der Waals surface area contributed by atoms with Gasteiger partial charge in [-0.2, -0.15) is 0 Å². The number of pyridine rings is 1. The number of ether oxygens (including phenoxy) is 2. The van der Waals surface area contributed by atoms with E-state index in [1.807, 2.05) is 0 Å². The summed E-state index contributed by atoms with van der Waals surface area (Å²) in [5.74, 6) is 0.386. The van der Waals surface area contributed by atoms with Gasteiger partial charge in [0.25, 0.3) is 5.56 Å². The van der Waals surface area contributed by atoms with Crippen molar-refractivity contribution in [2.75, 3.05) is 7.11 Å². The second-order valence-electron chi connectivity index (χ2n) is 7.89. The summed E-state index contributed by atoms with van der Waals surface area (Å²) in [4.78, 5) is 40.2. The van der Waals surface area contributed by atoms with Crippen molar-refractivity contribution in [3.05, 3.63) is 62.8 Å². The van der Waals surface area contributed by atoms with Gasteiger partial charge < -0.3 is 19.4 Å². The largest absolute Gasteiger partial charge is 0.490 e. The number of hydrogen-bond acceptors (Lipinski definition) is 6. The van der Waals surface area contributed by atoms with Crippen LogP contribution in [0.1, 0.15) is 47.3 Å². The van der Waals surface area contributed by atoms with Gasteiger partial charge in [-0.15, -0.1) is 0 Å². The number of aromatic amines is 2. The van der Waals surface area contributed by atoms with Gasteiger partial charge in [0.2, 0.25) is 0 Å². The van der Waals surface area contributed by atoms with Crippen molar-refractivity contribution in [1.82, 2.24) is 19.9 Å². The Morgan fingerprint density at radius 2 is 2.06 bits per heavy atom. The quantitative estimate of drug-likeness (QED) is 0.425. The van der Waals surface area contributed by atoms with Crippen molar-refractivity contribution < 1.29 is 14.3 Å². The number of hydrogen-bond donors (Lipinski definition) is 2. The molecule has 1 aliphatic rings. The highest BCUT2D eigenvalue weighted by Crippen LogP contribution is 2.31. The molecule has 0 bridgehead atoms. The fourth-order valence-electron chi connectivity index (χ4n) is 4.18. The number of aromatic nitrogens is 4. The Kier molecular flexibility index (Phi) is 5.40. The van der Waals surface area contributed by atoms with E-state index in [9.17, 15) is 9.59 Å². The lowest BCUT2D eigenvalue weighted by Crippen LogP contribution is -2.16. The molecule has 0 unspecified atom stereocenters. The molecule has 9 heteroatoms. The molecule has 0 amide bonds. The van der Waals surface area contributed by atoms with Crippen molar-refractivity contribution in [3.63, 3.8) is 0 Å². The van der Waals surface area contributed by atoms with E-state index in [0.717, 1.165) is 12.8 Å². The molecule has 32 heavy (non-hydrogen) atoms. The van der Waals surface area contributed by atoms with E-state index in [2.05, 4.69) is 19.9 Å². The van der Waals surface area contributed by atoms with Crippen LogP contribution in [0.15, 0.2) is 35.4 Å². The number of nitrogens with one attached hydrogen (secondary N) is 2. The first-order valence-corrected chi connectivity index (χ1v) is 10.8. The van der Waals surface area contributed by atoms with Crippen LogP contribution < -0.4 is 10.3 Å². The second kappa shape index (κ2) is 8.37. The maximum absolute atomic E-state index is 13.4. The smallest absolute Gasteiger partial charge is 0.272 e. The minimum atomic E-state index is -0.357. The zero-order valence-corrected chi connectivity index (χ0v) is 18.2. The lowest BCUT2D eigenvalue weighted by atomic mass is 10.0. The number of halogens is 1. The summed E-state index contributed by atoms with van der Waals surface area (Å²) in [5, 5.41) is 0.831. The third-order valence-corrected chi connectivity index (χ3v) is 6.06. The number of methoxy groups -OCH3 is 1. The zero-order chi connectivity index (χ0) is 22.2. The van der Waals surface area contributed by atoms with Gasteiger partial charge in [0.15, 0.2) is 5.78 Å². The van der Waals surface area contributed by atoms with Crippen molar-refractivity contribution in [2.24, 2.45) is 0 Å². The average molecular weight is 453 g/mol. The molecule has 2 N–H and O–H groups in total. The molecule has 0 saturated heterocycles. The number of benzene rings is 1. The first-order chi connectivity index (χ1) is 15.5. The number of carbonyl (C=O) groups excluding carboxylic acids is 1. The Morgan fingerprint density at radius 3 is 2.81 bits per heavy atom. The van der Waals surface area contributed by atoms with Crippen LogP contribution in [-0.4, -0.2) is 38.9 Å². The monoisotopic (exact) mass is 452 g/mol. The summed E-state index contributed by atoms with van der Waals surface area (Å²) >= 11 is 6.48. The molecule has 1 saturated carbocycles. The number of carbonyl (C=O) groups is 1. The van der Waals surface area contributed by atoms with Gasteiger partial charge in [0, 0.05) is 18.9 Å². The number of rotatable bonds is 6. The fraction of sp³-hybridized carbons (Fsp3) is 0.304. The van der Waals surface area contributed by atoms with E-state index >= 15 is 0 Å². The van der Waals surface area contributed by atoms with Gasteiger partial charge in [0.1, 0.15) is 22.6 Å². The Bertz CT molecular complexity index is 1390. The number of ketones is 1. The molecule has 1 aromatic carbocycles. The summed E-state index contributed by atoms with van der Waals surface area (Å²) in [6.07, 6.45) is 7.71. The van der Waals surface area contributed by atoms with E-state index in [1.165, 1.54) is 26.1 Å². The number of H-pyrrole nitrogens is 2. The molecule has 0 radical (unpaired) electrons. The second-order valence-corrected chi connectivity index (χ2v) is 8.29. The van der Waals surface area contributed by atoms with Crippen molar-refractivity contribution in [2.45, 2.75) is 38.4 Å². The number of fused-ring (bicyclic) bond motifs is 3. The van der Waals surface area contributed by atoms with Gasteiger partial charge in [-0.1, -0.05) is 11.6 Å². The standard InChI is InChI=1S/C23H21ClN4O4/c1-31-11-18-23(30)28-17-10-26-22-19(20(17)27-18)15(9-25-22)21(29)14-7-6-13(8-16(14)24)32-12-4-2-3-5-12/h6-10,12H,2-5,11H2,1H3,(H,25,26)(H,28,30). The molecule has 0 spiro atoms. The summed E-state index contributed by atoms with van der Waals surface area (Å²) in [6, 6.07) is 5.14. The Morgan fingerprint density at radius 1 is 1.25 bits per heavy atom. The maximum Gasteiger partial charge on any atom is 0.272 e. The van der Waals surface area contributed by atoms with Crippen LogP contribution in [0.3, 0.4) is 0 Å². The van der Waals surface area contributed by atoms with Crippen LogP contribution >= 0.6 is 11.6 Å². The molecule has 4 aromatic rings. The van der Waals surface area contributed by atoms with Crippen LogP contribution in [0.25, 0.3) is 22.1 Å². The van der Waals surface area contributed by atoms with Crippen molar-refractivity contribution >= 4 is 39.5 Å². The van der Waals surface area contributed by atoms with Crippen LogP contribution in [-0.2, 0) is 11.3 Å². The topological polar surface area (TPSA) is 110 Å². The molecule has 164 valence electrons. The predicted octanol–water partition coefficient (Wildman–Crippen LogP) is 4.15. The van der Waals surface area contributed by atoms with Crippen LogP contribution in [0.5, 0.6) is 5.75 Å². The molecule has 0 aliphatic heterocycles. The van der Waals surface area contributed by atoms with E-state index in [0.29, 0.717) is 44.0 Å². The molecule has 3 aromatic heterocycles. The number of nitrogens with zero attached hydrogens (tertiary/aromatic N) is 2. The van der Waals surface area contributed by atoms with Gasteiger partial charge in [-0.25, -0.2) is 9.97 Å². The summed E-state index contributed by atoms with van der Waals surface area (Å²) in [7, 11) is 1.49. The first-order valence-electron chi connectivity index (χ1n) is 10.4. The Hall–Kier alpha value is -3.23. The maximum atomic E-state index is 13.4. The lowest BCUT2D eigenvalue weighted by molar-refractivity contribution is 0.104. The molecule has 5 rings (SSSR count). The summed E-state index contributed by atoms with van der Waals surface area (Å²) in [5.41, 5.74) is 1.97. The molecule has 0 atom stereocenters. The third-order valence-electron chi connectivity index (χ3n) is 5.75. The van der Waals surface area contributed by atoms with E-state index in [1.54, 1.807) is 24.4 Å². The normalized spacial score (nSPS) is 14.4. The van der Waals surface area contributed by atoms with Gasteiger partial charge in [-0.05, 0) is 43.9 Å². The lowest BCUT2D eigenvalue weighted by Gasteiger charge is -2.14. The van der Waals surface area contributed by atoms with E-state index < -0.39 is 0 Å². The average Bonchev–Trinajstić information content (AvgIpc) is 3.44. The minimum absolute atomic E-state index is 0.0527.